The molecule has 0 spiro atoms. The van der Waals surface area contributed by atoms with E-state index < -0.39 is 0 Å². The van der Waals surface area contributed by atoms with Crippen LogP contribution in [0.3, 0.4) is 0 Å². The molecular formula is C25H16BrClN4O2. The van der Waals surface area contributed by atoms with Gasteiger partial charge in [0.15, 0.2) is 0 Å². The first-order chi connectivity index (χ1) is 16.0. The highest BCUT2D eigenvalue weighted by Gasteiger charge is 2.08. The summed E-state index contributed by atoms with van der Waals surface area (Å²) in [6.07, 6.45) is 3.05. The summed E-state index contributed by atoms with van der Waals surface area (Å²) in [5, 5.41) is 12.5. The van der Waals surface area contributed by atoms with Crippen LogP contribution in [0.15, 0.2) is 93.8 Å². The van der Waals surface area contributed by atoms with Gasteiger partial charge < -0.3 is 9.73 Å². The van der Waals surface area contributed by atoms with Crippen LogP contribution in [-0.4, -0.2) is 20.9 Å². The minimum Gasteiger partial charge on any atom is -0.457 e. The van der Waals surface area contributed by atoms with E-state index in [1.165, 1.54) is 6.08 Å². The number of furan rings is 1. The van der Waals surface area contributed by atoms with Crippen LogP contribution in [0.2, 0.25) is 5.02 Å². The molecule has 0 aliphatic carbocycles. The first kappa shape index (κ1) is 21.2. The van der Waals surface area contributed by atoms with Crippen LogP contribution in [0.25, 0.3) is 34.1 Å². The molecule has 0 aliphatic heterocycles. The van der Waals surface area contributed by atoms with Crippen LogP contribution in [0.1, 0.15) is 5.76 Å². The molecule has 3 aromatic carbocycles. The average molecular weight is 520 g/mol. The van der Waals surface area contributed by atoms with Gasteiger partial charge in [0, 0.05) is 26.8 Å². The largest absolute Gasteiger partial charge is 0.457 e. The first-order valence-electron chi connectivity index (χ1n) is 10.0. The van der Waals surface area contributed by atoms with E-state index >= 15 is 0 Å². The van der Waals surface area contributed by atoms with Crippen LogP contribution in [0.5, 0.6) is 0 Å². The molecule has 1 amide bonds. The molecule has 162 valence electrons. The smallest absolute Gasteiger partial charge is 0.248 e. The van der Waals surface area contributed by atoms with Gasteiger partial charge in [0.1, 0.15) is 22.6 Å². The van der Waals surface area contributed by atoms with Crippen molar-refractivity contribution in [2.75, 3.05) is 5.32 Å². The highest BCUT2D eigenvalue weighted by Crippen LogP contribution is 2.24. The van der Waals surface area contributed by atoms with Crippen LogP contribution in [0.4, 0.5) is 5.69 Å². The number of nitrogens with zero attached hydrogens (tertiary/aromatic N) is 3. The van der Waals surface area contributed by atoms with Crippen molar-refractivity contribution >= 4 is 56.2 Å². The molecule has 1 N–H and O–H groups in total. The maximum Gasteiger partial charge on any atom is 0.248 e. The molecule has 5 aromatic rings. The summed E-state index contributed by atoms with van der Waals surface area (Å²) in [7, 11) is 0. The van der Waals surface area contributed by atoms with Gasteiger partial charge in [-0.25, -0.2) is 0 Å². The SMILES string of the molecule is O=C(/C=C\c1ccc(-c2ccc(Cl)cc2)o1)Nc1ccc2nn(-c3ccc(Br)cc3)nc2c1. The molecule has 0 atom stereocenters. The Morgan fingerprint density at radius 1 is 0.939 bits per heavy atom. The quantitative estimate of drug-likeness (QED) is 0.261. The second-order valence-electron chi connectivity index (χ2n) is 7.20. The van der Waals surface area contributed by atoms with Crippen molar-refractivity contribution in [2.24, 2.45) is 0 Å². The maximum absolute atomic E-state index is 12.4. The standard InChI is InChI=1S/C25H16BrClN4O2/c26-17-3-8-20(9-4-17)31-29-22-12-7-19(15-23(22)30-31)28-25(32)14-11-21-10-13-24(33-21)16-1-5-18(27)6-2-16/h1-15H,(H,28,32)/b14-11-. The summed E-state index contributed by atoms with van der Waals surface area (Å²) < 4.78 is 6.77. The number of carbonyl (C=O) groups is 1. The first-order valence-corrected chi connectivity index (χ1v) is 11.2. The number of benzene rings is 3. The third kappa shape index (κ3) is 4.89. The number of hydrogen-bond acceptors (Lipinski definition) is 4. The lowest BCUT2D eigenvalue weighted by molar-refractivity contribution is -0.111. The van der Waals surface area contributed by atoms with Crippen molar-refractivity contribution in [3.63, 3.8) is 0 Å². The van der Waals surface area contributed by atoms with Gasteiger partial charge in [0.2, 0.25) is 5.91 Å². The zero-order valence-electron chi connectivity index (χ0n) is 17.1. The van der Waals surface area contributed by atoms with Crippen LogP contribution >= 0.6 is 27.5 Å². The minimum atomic E-state index is -0.279. The van der Waals surface area contributed by atoms with Gasteiger partial charge in [-0.3, -0.25) is 4.79 Å². The number of fused-ring (bicyclic) bond motifs is 1. The molecule has 6 nitrogen and oxygen atoms in total. The van der Waals surface area contributed by atoms with Gasteiger partial charge >= 0.3 is 0 Å². The van der Waals surface area contributed by atoms with E-state index in [0.29, 0.717) is 27.7 Å². The van der Waals surface area contributed by atoms with E-state index in [1.807, 2.05) is 48.5 Å². The summed E-state index contributed by atoms with van der Waals surface area (Å²) in [5.41, 5.74) is 3.80. The summed E-state index contributed by atoms with van der Waals surface area (Å²) in [6, 6.07) is 24.1. The van der Waals surface area contributed by atoms with Crippen LogP contribution in [-0.2, 0) is 4.79 Å². The fourth-order valence-corrected chi connectivity index (χ4v) is 3.63. The fraction of sp³-hybridized carbons (Fsp3) is 0. The molecule has 0 unspecified atom stereocenters. The molecule has 0 saturated heterocycles. The van der Waals surface area contributed by atoms with Gasteiger partial charge in [-0.15, -0.1) is 10.2 Å². The summed E-state index contributed by atoms with van der Waals surface area (Å²) >= 11 is 9.35. The number of anilines is 1. The van der Waals surface area contributed by atoms with Crippen molar-refractivity contribution in [2.45, 2.75) is 0 Å². The zero-order valence-corrected chi connectivity index (χ0v) is 19.4. The third-order valence-electron chi connectivity index (χ3n) is 4.86. The van der Waals surface area contributed by atoms with Crippen molar-refractivity contribution in [1.29, 1.82) is 0 Å². The maximum atomic E-state index is 12.4. The summed E-state index contributed by atoms with van der Waals surface area (Å²) in [6.45, 7) is 0. The Balaban J connectivity index is 1.27. The number of halogens is 2. The van der Waals surface area contributed by atoms with Crippen molar-refractivity contribution in [3.8, 4) is 17.0 Å². The fourth-order valence-electron chi connectivity index (χ4n) is 3.24. The highest BCUT2D eigenvalue weighted by atomic mass is 79.9. The molecule has 2 aromatic heterocycles. The van der Waals surface area contributed by atoms with Crippen molar-refractivity contribution in [3.05, 3.63) is 100 Å². The topological polar surface area (TPSA) is 73.0 Å². The Labute approximate surface area is 202 Å². The number of rotatable bonds is 5. The molecular weight excluding hydrogens is 504 g/mol. The van der Waals surface area contributed by atoms with Crippen LogP contribution in [0, 0.1) is 0 Å². The molecule has 0 bridgehead atoms. The van der Waals surface area contributed by atoms with Gasteiger partial charge in [0.05, 0.1) is 5.69 Å². The number of hydrogen-bond donors (Lipinski definition) is 1. The molecule has 2 heterocycles. The monoisotopic (exact) mass is 518 g/mol. The molecule has 5 rings (SSSR count). The van der Waals surface area contributed by atoms with Crippen molar-refractivity contribution in [1.82, 2.24) is 15.0 Å². The predicted molar refractivity (Wildman–Crippen MR) is 133 cm³/mol. The number of amides is 1. The minimum absolute atomic E-state index is 0.279. The molecule has 0 aliphatic rings. The number of aromatic nitrogens is 3. The summed E-state index contributed by atoms with van der Waals surface area (Å²) in [5.74, 6) is 0.994. The second-order valence-corrected chi connectivity index (χ2v) is 8.55. The Morgan fingerprint density at radius 2 is 1.70 bits per heavy atom. The Bertz CT molecular complexity index is 1470. The lowest BCUT2D eigenvalue weighted by Gasteiger charge is -2.00. The third-order valence-corrected chi connectivity index (χ3v) is 5.64. The molecule has 33 heavy (non-hydrogen) atoms. The average Bonchev–Trinajstić information content (AvgIpc) is 3.46. The number of nitrogens with one attached hydrogen (secondary N) is 1. The van der Waals surface area contributed by atoms with E-state index in [4.69, 9.17) is 16.0 Å². The van der Waals surface area contributed by atoms with Gasteiger partial charge in [0.25, 0.3) is 0 Å². The Morgan fingerprint density at radius 3 is 2.48 bits per heavy atom. The second kappa shape index (κ2) is 9.05. The van der Waals surface area contributed by atoms with Gasteiger partial charge in [-0.2, -0.15) is 4.80 Å². The lowest BCUT2D eigenvalue weighted by atomic mass is 10.2. The van der Waals surface area contributed by atoms with Crippen LogP contribution < -0.4 is 5.32 Å². The molecule has 0 radical (unpaired) electrons. The van der Waals surface area contributed by atoms with E-state index in [-0.39, 0.29) is 5.91 Å². The normalized spacial score (nSPS) is 11.3. The number of carbonyl (C=O) groups excluding carboxylic acids is 1. The van der Waals surface area contributed by atoms with Gasteiger partial charge in [-0.05, 0) is 84.9 Å². The molecule has 8 heteroatoms. The van der Waals surface area contributed by atoms with E-state index in [1.54, 1.807) is 41.2 Å². The predicted octanol–water partition coefficient (Wildman–Crippen LogP) is 6.75. The van der Waals surface area contributed by atoms with Gasteiger partial charge in [-0.1, -0.05) is 27.5 Å². The lowest BCUT2D eigenvalue weighted by Crippen LogP contribution is -2.07. The molecule has 0 saturated carbocycles. The zero-order chi connectivity index (χ0) is 22.8. The Hall–Kier alpha value is -3.68. The van der Waals surface area contributed by atoms with Crippen molar-refractivity contribution < 1.29 is 9.21 Å². The molecule has 0 fully saturated rings. The van der Waals surface area contributed by atoms with E-state index in [9.17, 15) is 4.79 Å². The Kier molecular flexibility index (Phi) is 5.81. The highest BCUT2D eigenvalue weighted by molar-refractivity contribution is 9.10. The summed E-state index contributed by atoms with van der Waals surface area (Å²) in [4.78, 5) is 14.0. The van der Waals surface area contributed by atoms with E-state index in [2.05, 4.69) is 31.4 Å². The van der Waals surface area contributed by atoms with E-state index in [0.717, 1.165) is 21.2 Å².